The van der Waals surface area contributed by atoms with Gasteiger partial charge in [0, 0.05) is 17.3 Å². The Balaban J connectivity index is 1.54. The fraction of sp³-hybridized carbons (Fsp3) is 0.476. The van der Waals surface area contributed by atoms with Gasteiger partial charge in [-0.05, 0) is 63.5 Å². The summed E-state index contributed by atoms with van der Waals surface area (Å²) in [7, 11) is 0. The van der Waals surface area contributed by atoms with Crippen LogP contribution in [0.1, 0.15) is 59.4 Å². The lowest BCUT2D eigenvalue weighted by Crippen LogP contribution is -2.39. The monoisotopic (exact) mass is 367 g/mol. The molecule has 0 radical (unpaired) electrons. The van der Waals surface area contributed by atoms with E-state index < -0.39 is 5.97 Å². The van der Waals surface area contributed by atoms with E-state index in [0.717, 1.165) is 41.8 Å². The molecule has 2 aliphatic rings. The van der Waals surface area contributed by atoms with Crippen LogP contribution >= 0.6 is 0 Å². The maximum atomic E-state index is 12.9. The van der Waals surface area contributed by atoms with Crippen LogP contribution in [0, 0.1) is 12.8 Å². The first-order valence-corrected chi connectivity index (χ1v) is 9.75. The Kier molecular flexibility index (Phi) is 4.72. The highest BCUT2D eigenvalue weighted by Gasteiger charge is 2.30. The van der Waals surface area contributed by atoms with E-state index in [2.05, 4.69) is 23.4 Å². The minimum Gasteiger partial charge on any atom is -0.481 e. The Morgan fingerprint density at radius 2 is 1.89 bits per heavy atom. The molecule has 1 heterocycles. The van der Waals surface area contributed by atoms with Crippen molar-refractivity contribution in [2.75, 3.05) is 0 Å². The first kappa shape index (κ1) is 17.8. The number of fused-ring (bicyclic) bond motifs is 1. The average Bonchev–Trinajstić information content (AvgIpc) is 3.25. The van der Waals surface area contributed by atoms with Crippen LogP contribution in [0.25, 0.3) is 5.69 Å². The second-order valence-corrected chi connectivity index (χ2v) is 7.69. The summed E-state index contributed by atoms with van der Waals surface area (Å²) in [6.45, 7) is 2.05. The van der Waals surface area contributed by atoms with Crippen molar-refractivity contribution in [1.82, 2.24) is 15.1 Å². The second kappa shape index (κ2) is 7.18. The lowest BCUT2D eigenvalue weighted by Gasteiger charge is -2.26. The van der Waals surface area contributed by atoms with Gasteiger partial charge in [-0.15, -0.1) is 0 Å². The van der Waals surface area contributed by atoms with Crippen molar-refractivity contribution in [3.05, 3.63) is 46.8 Å². The predicted molar refractivity (Wildman–Crippen MR) is 101 cm³/mol. The van der Waals surface area contributed by atoms with E-state index in [1.54, 1.807) is 0 Å². The number of amides is 1. The van der Waals surface area contributed by atoms with Gasteiger partial charge in [-0.25, -0.2) is 4.68 Å². The molecular formula is C21H25N3O3. The van der Waals surface area contributed by atoms with Crippen LogP contribution in [0.3, 0.4) is 0 Å². The highest BCUT2D eigenvalue weighted by molar-refractivity contribution is 5.94. The van der Waals surface area contributed by atoms with E-state index >= 15 is 0 Å². The summed E-state index contributed by atoms with van der Waals surface area (Å²) in [6.07, 6.45) is 5.53. The molecule has 0 unspecified atom stereocenters. The molecule has 2 N–H and O–H groups in total. The first-order chi connectivity index (χ1) is 13.0. The van der Waals surface area contributed by atoms with Gasteiger partial charge < -0.3 is 10.4 Å². The van der Waals surface area contributed by atoms with Gasteiger partial charge in [0.1, 0.15) is 0 Å². The van der Waals surface area contributed by atoms with Crippen molar-refractivity contribution in [1.29, 1.82) is 0 Å². The summed E-state index contributed by atoms with van der Waals surface area (Å²) in [5, 5.41) is 16.9. The number of benzene rings is 1. The molecule has 6 nitrogen and oxygen atoms in total. The lowest BCUT2D eigenvalue weighted by molar-refractivity contribution is -0.142. The van der Waals surface area contributed by atoms with Gasteiger partial charge in [0.25, 0.3) is 5.91 Å². The summed E-state index contributed by atoms with van der Waals surface area (Å²) >= 11 is 0. The van der Waals surface area contributed by atoms with E-state index in [1.165, 1.54) is 0 Å². The molecule has 0 saturated heterocycles. The smallest absolute Gasteiger partial charge is 0.306 e. The number of aromatic nitrogens is 2. The Morgan fingerprint density at radius 1 is 1.15 bits per heavy atom. The van der Waals surface area contributed by atoms with Crippen LogP contribution in [0.15, 0.2) is 24.3 Å². The number of hydrogen-bond acceptors (Lipinski definition) is 3. The fourth-order valence-electron chi connectivity index (χ4n) is 4.36. The zero-order valence-corrected chi connectivity index (χ0v) is 15.6. The summed E-state index contributed by atoms with van der Waals surface area (Å²) in [5.41, 5.74) is 4.90. The maximum Gasteiger partial charge on any atom is 0.306 e. The van der Waals surface area contributed by atoms with Gasteiger partial charge in [-0.1, -0.05) is 18.2 Å². The van der Waals surface area contributed by atoms with Crippen molar-refractivity contribution in [2.24, 2.45) is 5.92 Å². The van der Waals surface area contributed by atoms with Gasteiger partial charge >= 0.3 is 5.97 Å². The molecule has 1 aromatic heterocycles. The van der Waals surface area contributed by atoms with E-state index in [-0.39, 0.29) is 17.9 Å². The van der Waals surface area contributed by atoms with Crippen molar-refractivity contribution in [3.8, 4) is 5.69 Å². The Bertz CT molecular complexity index is 879. The lowest BCUT2D eigenvalue weighted by atomic mass is 9.86. The number of carboxylic acid groups (broad SMARTS) is 1. The molecule has 0 spiro atoms. The van der Waals surface area contributed by atoms with Crippen LogP contribution in [-0.4, -0.2) is 32.8 Å². The molecular weight excluding hydrogens is 342 g/mol. The zero-order valence-electron chi connectivity index (χ0n) is 15.6. The number of aliphatic carboxylic acids is 1. The molecule has 6 heteroatoms. The highest BCUT2D eigenvalue weighted by atomic mass is 16.4. The van der Waals surface area contributed by atoms with Gasteiger partial charge in [0.15, 0.2) is 5.69 Å². The van der Waals surface area contributed by atoms with E-state index in [0.29, 0.717) is 31.4 Å². The number of para-hydroxylation sites is 1. The van der Waals surface area contributed by atoms with Crippen LogP contribution in [0.4, 0.5) is 0 Å². The number of nitrogens with one attached hydrogen (secondary N) is 1. The molecule has 27 heavy (non-hydrogen) atoms. The fourth-order valence-corrected chi connectivity index (χ4v) is 4.36. The number of carbonyl (C=O) groups excluding carboxylic acids is 1. The summed E-state index contributed by atoms with van der Waals surface area (Å²) < 4.78 is 1.94. The number of carboxylic acids is 1. The van der Waals surface area contributed by atoms with Crippen LogP contribution in [-0.2, 0) is 17.6 Å². The average molecular weight is 367 g/mol. The number of aryl methyl sites for hydroxylation is 1. The third-order valence-electron chi connectivity index (χ3n) is 5.90. The summed E-state index contributed by atoms with van der Waals surface area (Å²) in [5.74, 6) is -1.13. The molecule has 142 valence electrons. The van der Waals surface area contributed by atoms with Crippen molar-refractivity contribution in [3.63, 3.8) is 0 Å². The SMILES string of the molecule is Cc1ccccc1-n1nc(C(=O)NC2CCC(C(=O)O)CC2)c2c1CCC2. The normalized spacial score (nSPS) is 21.7. The summed E-state index contributed by atoms with van der Waals surface area (Å²) in [4.78, 5) is 24.0. The quantitative estimate of drug-likeness (QED) is 0.870. The van der Waals surface area contributed by atoms with Crippen LogP contribution in [0.5, 0.6) is 0 Å². The number of carbonyl (C=O) groups is 2. The van der Waals surface area contributed by atoms with Crippen molar-refractivity contribution in [2.45, 2.75) is 57.9 Å². The third kappa shape index (κ3) is 3.36. The molecule has 1 saturated carbocycles. The predicted octanol–water partition coefficient (Wildman–Crippen LogP) is 3.04. The first-order valence-electron chi connectivity index (χ1n) is 9.75. The second-order valence-electron chi connectivity index (χ2n) is 7.69. The zero-order chi connectivity index (χ0) is 19.0. The molecule has 0 atom stereocenters. The Morgan fingerprint density at radius 3 is 2.59 bits per heavy atom. The summed E-state index contributed by atoms with van der Waals surface area (Å²) in [6, 6.07) is 8.12. The molecule has 2 aromatic rings. The van der Waals surface area contributed by atoms with E-state index in [1.807, 2.05) is 22.9 Å². The van der Waals surface area contributed by atoms with E-state index in [9.17, 15) is 9.59 Å². The van der Waals surface area contributed by atoms with Gasteiger partial charge in [-0.3, -0.25) is 9.59 Å². The Hall–Kier alpha value is -2.63. The van der Waals surface area contributed by atoms with Crippen molar-refractivity contribution >= 4 is 11.9 Å². The number of nitrogens with zero attached hydrogens (tertiary/aromatic N) is 2. The van der Waals surface area contributed by atoms with Crippen LogP contribution < -0.4 is 5.32 Å². The van der Waals surface area contributed by atoms with Gasteiger partial charge in [0.2, 0.25) is 0 Å². The molecule has 2 aliphatic carbocycles. The number of hydrogen-bond donors (Lipinski definition) is 2. The molecule has 1 amide bonds. The van der Waals surface area contributed by atoms with Crippen molar-refractivity contribution < 1.29 is 14.7 Å². The van der Waals surface area contributed by atoms with Gasteiger partial charge in [-0.2, -0.15) is 5.10 Å². The molecule has 1 aromatic carbocycles. The minimum atomic E-state index is -0.727. The molecule has 1 fully saturated rings. The number of rotatable bonds is 4. The maximum absolute atomic E-state index is 12.9. The Labute approximate surface area is 158 Å². The molecule has 0 bridgehead atoms. The molecule has 0 aliphatic heterocycles. The minimum absolute atomic E-state index is 0.0359. The largest absolute Gasteiger partial charge is 0.481 e. The van der Waals surface area contributed by atoms with Crippen LogP contribution in [0.2, 0.25) is 0 Å². The van der Waals surface area contributed by atoms with E-state index in [4.69, 9.17) is 5.11 Å². The third-order valence-corrected chi connectivity index (χ3v) is 5.90. The molecule has 4 rings (SSSR count). The highest BCUT2D eigenvalue weighted by Crippen LogP contribution is 2.30. The topological polar surface area (TPSA) is 84.2 Å². The standard InChI is InChI=1S/C21H25N3O3/c1-13-5-2-3-7-17(13)24-18-8-4-6-16(18)19(23-24)20(25)22-15-11-9-14(10-12-15)21(26)27/h2-3,5,7,14-15H,4,6,8-12H2,1H3,(H,22,25)(H,26,27). The van der Waals surface area contributed by atoms with Gasteiger partial charge in [0.05, 0.1) is 11.6 Å².